The molecule has 54 valence electrons. The van der Waals surface area contributed by atoms with E-state index in [4.69, 9.17) is 23.7 Å². The van der Waals surface area contributed by atoms with Crippen molar-refractivity contribution < 1.29 is 0 Å². The molecule has 0 atom stereocenters. The first kappa shape index (κ1) is 7.08. The molecule has 0 bridgehead atoms. The van der Waals surface area contributed by atoms with Gasteiger partial charge in [0, 0.05) is 12.2 Å². The minimum Gasteiger partial charge on any atom is -0.399 e. The van der Waals surface area contributed by atoms with E-state index in [9.17, 15) is 0 Å². The molecule has 5 N–H and O–H groups in total. The smallest absolute Gasteiger partial charge is 0.120 e. The van der Waals surface area contributed by atoms with Crippen LogP contribution in [0.5, 0.6) is 0 Å². The van der Waals surface area contributed by atoms with Crippen molar-refractivity contribution in [2.75, 3.05) is 6.54 Å². The molecule has 0 aromatic carbocycles. The van der Waals surface area contributed by atoms with Gasteiger partial charge in [-0.05, 0) is 12.2 Å². The molecule has 1 heterocycles. The molecule has 4 heteroatoms. The van der Waals surface area contributed by atoms with Crippen LogP contribution in [0.15, 0.2) is 23.5 Å². The minimum atomic E-state index is 0.357. The summed E-state index contributed by atoms with van der Waals surface area (Å²) in [6.45, 7) is 0.703. The lowest BCUT2D eigenvalue weighted by atomic mass is 10.2. The molecule has 0 amide bonds. The van der Waals surface area contributed by atoms with Gasteiger partial charge in [0.15, 0.2) is 0 Å². The second-order valence-electron chi connectivity index (χ2n) is 2.01. The minimum absolute atomic E-state index is 0.357. The SMILES string of the molecule is NC(=S)C1=CC(N)=CCN1. The predicted octanol–water partition coefficient (Wildman–Crippen LogP) is -0.398. The van der Waals surface area contributed by atoms with Crippen LogP contribution in [0.1, 0.15) is 0 Å². The van der Waals surface area contributed by atoms with E-state index in [-0.39, 0.29) is 0 Å². The summed E-state index contributed by atoms with van der Waals surface area (Å²) in [4.78, 5) is 0.357. The Morgan fingerprint density at radius 3 is 2.80 bits per heavy atom. The van der Waals surface area contributed by atoms with E-state index >= 15 is 0 Å². The van der Waals surface area contributed by atoms with Crippen LogP contribution in [0.4, 0.5) is 0 Å². The number of nitrogens with one attached hydrogen (secondary N) is 1. The number of allylic oxidation sites excluding steroid dienone is 1. The molecule has 0 spiro atoms. The largest absolute Gasteiger partial charge is 0.399 e. The third-order valence-corrected chi connectivity index (χ3v) is 1.43. The van der Waals surface area contributed by atoms with Gasteiger partial charge in [-0.15, -0.1) is 0 Å². The second-order valence-corrected chi connectivity index (χ2v) is 2.45. The Kier molecular flexibility index (Phi) is 1.91. The van der Waals surface area contributed by atoms with E-state index in [0.29, 0.717) is 17.2 Å². The van der Waals surface area contributed by atoms with Crippen LogP contribution in [-0.2, 0) is 0 Å². The summed E-state index contributed by atoms with van der Waals surface area (Å²) in [6.07, 6.45) is 3.59. The van der Waals surface area contributed by atoms with Crippen LogP contribution in [0.3, 0.4) is 0 Å². The first-order valence-electron chi connectivity index (χ1n) is 2.91. The third kappa shape index (κ3) is 1.48. The maximum atomic E-state index is 5.49. The Labute approximate surface area is 64.8 Å². The van der Waals surface area contributed by atoms with Crippen LogP contribution in [0, 0.1) is 0 Å². The lowest BCUT2D eigenvalue weighted by Gasteiger charge is -2.11. The molecule has 0 saturated carbocycles. The molecule has 0 aliphatic carbocycles. The Morgan fingerprint density at radius 1 is 1.70 bits per heavy atom. The first-order chi connectivity index (χ1) is 4.70. The molecule has 0 aromatic rings. The first-order valence-corrected chi connectivity index (χ1v) is 3.32. The molecule has 0 radical (unpaired) electrons. The molecule has 0 unspecified atom stereocenters. The third-order valence-electron chi connectivity index (χ3n) is 1.21. The molecule has 0 aromatic heterocycles. The van der Waals surface area contributed by atoms with Crippen LogP contribution in [-0.4, -0.2) is 11.5 Å². The van der Waals surface area contributed by atoms with E-state index in [0.717, 1.165) is 5.70 Å². The fourth-order valence-corrected chi connectivity index (χ4v) is 0.845. The lowest BCUT2D eigenvalue weighted by molar-refractivity contribution is 0.920. The zero-order valence-corrected chi connectivity index (χ0v) is 6.24. The maximum Gasteiger partial charge on any atom is 0.120 e. The van der Waals surface area contributed by atoms with Crippen LogP contribution < -0.4 is 16.8 Å². The van der Waals surface area contributed by atoms with Crippen molar-refractivity contribution in [3.05, 3.63) is 23.5 Å². The zero-order valence-electron chi connectivity index (χ0n) is 5.42. The van der Waals surface area contributed by atoms with E-state index in [1.807, 2.05) is 6.08 Å². The predicted molar refractivity (Wildman–Crippen MR) is 45.1 cm³/mol. The van der Waals surface area contributed by atoms with Gasteiger partial charge in [-0.1, -0.05) is 12.2 Å². The molecule has 10 heavy (non-hydrogen) atoms. The maximum absolute atomic E-state index is 5.49. The van der Waals surface area contributed by atoms with Gasteiger partial charge >= 0.3 is 0 Å². The van der Waals surface area contributed by atoms with Crippen molar-refractivity contribution in [1.82, 2.24) is 5.32 Å². The number of rotatable bonds is 1. The molecular weight excluding hydrogens is 146 g/mol. The summed E-state index contributed by atoms with van der Waals surface area (Å²) in [6, 6.07) is 0. The molecule has 3 nitrogen and oxygen atoms in total. The molecule has 1 aliphatic heterocycles. The fourth-order valence-electron chi connectivity index (χ4n) is 0.714. The zero-order chi connectivity index (χ0) is 7.56. The van der Waals surface area contributed by atoms with Gasteiger partial charge in [-0.2, -0.15) is 0 Å². The van der Waals surface area contributed by atoms with E-state index in [2.05, 4.69) is 5.32 Å². The average molecular weight is 155 g/mol. The summed E-state index contributed by atoms with van der Waals surface area (Å²) in [7, 11) is 0. The highest BCUT2D eigenvalue weighted by Crippen LogP contribution is 1.99. The Hall–Kier alpha value is -1.03. The topological polar surface area (TPSA) is 64.1 Å². The quantitative estimate of drug-likeness (QED) is 0.451. The van der Waals surface area contributed by atoms with Crippen LogP contribution >= 0.6 is 12.2 Å². The molecule has 0 fully saturated rings. The summed E-state index contributed by atoms with van der Waals surface area (Å²) < 4.78 is 0. The van der Waals surface area contributed by atoms with Gasteiger partial charge in [0.25, 0.3) is 0 Å². The number of hydrogen-bond acceptors (Lipinski definition) is 3. The highest BCUT2D eigenvalue weighted by molar-refractivity contribution is 7.80. The van der Waals surface area contributed by atoms with Gasteiger partial charge in [0.2, 0.25) is 0 Å². The molecule has 1 aliphatic rings. The van der Waals surface area contributed by atoms with Crippen molar-refractivity contribution >= 4 is 17.2 Å². The van der Waals surface area contributed by atoms with Crippen LogP contribution in [0.2, 0.25) is 0 Å². The van der Waals surface area contributed by atoms with Crippen molar-refractivity contribution in [3.8, 4) is 0 Å². The molecule has 1 rings (SSSR count). The Balaban J connectivity index is 2.78. The van der Waals surface area contributed by atoms with E-state index in [1.165, 1.54) is 0 Å². The van der Waals surface area contributed by atoms with Crippen molar-refractivity contribution in [2.24, 2.45) is 11.5 Å². The molecular formula is C6H9N3S. The number of nitrogens with two attached hydrogens (primary N) is 2. The van der Waals surface area contributed by atoms with Crippen molar-refractivity contribution in [3.63, 3.8) is 0 Å². The molecule has 0 saturated heterocycles. The monoisotopic (exact) mass is 155 g/mol. The summed E-state index contributed by atoms with van der Waals surface area (Å²) in [5.41, 5.74) is 12.3. The lowest BCUT2D eigenvalue weighted by Crippen LogP contribution is -2.28. The van der Waals surface area contributed by atoms with Crippen molar-refractivity contribution in [1.29, 1.82) is 0 Å². The highest BCUT2D eigenvalue weighted by Gasteiger charge is 2.02. The van der Waals surface area contributed by atoms with Crippen molar-refractivity contribution in [2.45, 2.75) is 0 Å². The van der Waals surface area contributed by atoms with Gasteiger partial charge in [-0.3, -0.25) is 0 Å². The van der Waals surface area contributed by atoms with E-state index in [1.54, 1.807) is 6.08 Å². The Bertz CT molecular complexity index is 217. The number of hydrogen-bond donors (Lipinski definition) is 3. The number of thiocarbonyl (C=S) groups is 1. The summed E-state index contributed by atoms with van der Waals surface area (Å²) >= 11 is 4.73. The van der Waals surface area contributed by atoms with Gasteiger partial charge in [-0.25, -0.2) is 0 Å². The highest BCUT2D eigenvalue weighted by atomic mass is 32.1. The number of dihydropyridines is 1. The van der Waals surface area contributed by atoms with E-state index < -0.39 is 0 Å². The fraction of sp³-hybridized carbons (Fsp3) is 0.167. The van der Waals surface area contributed by atoms with Gasteiger partial charge in [0.05, 0.1) is 5.70 Å². The average Bonchev–Trinajstić information content (AvgIpc) is 1.88. The van der Waals surface area contributed by atoms with Gasteiger partial charge in [0.1, 0.15) is 4.99 Å². The standard InChI is InChI=1S/C6H9N3S/c7-4-1-2-9-5(3-4)6(8)10/h1,3,9H,2,7H2,(H2,8,10). The second kappa shape index (κ2) is 2.70. The summed E-state index contributed by atoms with van der Waals surface area (Å²) in [5, 5.41) is 2.99. The summed E-state index contributed by atoms with van der Waals surface area (Å²) in [5.74, 6) is 0. The van der Waals surface area contributed by atoms with Crippen LogP contribution in [0.25, 0.3) is 0 Å². The van der Waals surface area contributed by atoms with Gasteiger partial charge < -0.3 is 16.8 Å². The Morgan fingerprint density at radius 2 is 2.40 bits per heavy atom. The normalized spacial score (nSPS) is 16.8.